The van der Waals surface area contributed by atoms with Gasteiger partial charge in [0.2, 0.25) is 0 Å². The molecule has 0 amide bonds. The summed E-state index contributed by atoms with van der Waals surface area (Å²) >= 11 is 0. The van der Waals surface area contributed by atoms with Crippen molar-refractivity contribution in [1.82, 2.24) is 0 Å². The van der Waals surface area contributed by atoms with E-state index in [2.05, 4.69) is 24.3 Å². The van der Waals surface area contributed by atoms with Gasteiger partial charge in [0, 0.05) is 11.8 Å². The van der Waals surface area contributed by atoms with Crippen molar-refractivity contribution in [3.63, 3.8) is 0 Å². The molecule has 4 heteroatoms. The predicted octanol–water partition coefficient (Wildman–Crippen LogP) is 2.99. The summed E-state index contributed by atoms with van der Waals surface area (Å²) in [4.78, 5) is 0. The van der Waals surface area contributed by atoms with Gasteiger partial charge in [-0.05, 0) is 37.5 Å². The molecule has 2 bridgehead atoms. The Kier molecular flexibility index (Phi) is 2.39. The summed E-state index contributed by atoms with van der Waals surface area (Å²) in [5.74, 6) is -0.263. The minimum absolute atomic E-state index is 0.194. The first-order valence-electron chi connectivity index (χ1n) is 7.76. The molecule has 5 aliphatic carbocycles. The normalized spacial score (nSPS) is 38.4. The van der Waals surface area contributed by atoms with Crippen LogP contribution in [0.5, 0.6) is 0 Å². The Hall–Kier alpha value is -2.56. The van der Waals surface area contributed by atoms with Gasteiger partial charge in [-0.3, -0.25) is 0 Å². The van der Waals surface area contributed by atoms with Gasteiger partial charge in [-0.2, -0.15) is 21.0 Å². The van der Waals surface area contributed by atoms with Crippen LogP contribution in [-0.2, 0) is 0 Å². The van der Waals surface area contributed by atoms with E-state index in [1.54, 1.807) is 0 Å². The van der Waals surface area contributed by atoms with Gasteiger partial charge < -0.3 is 0 Å². The van der Waals surface area contributed by atoms with Gasteiger partial charge in [0.15, 0.2) is 10.8 Å². The molecule has 0 N–H and O–H groups in total. The highest BCUT2D eigenvalue weighted by molar-refractivity contribution is 5.53. The first-order valence-corrected chi connectivity index (χ1v) is 7.76. The summed E-state index contributed by atoms with van der Waals surface area (Å²) in [6.07, 6.45) is 8.29. The number of hydrogen-bond acceptors (Lipinski definition) is 4. The lowest BCUT2D eigenvalue weighted by molar-refractivity contribution is -0.0125. The smallest absolute Gasteiger partial charge is 0.182 e. The molecular weight excluding hydrogens is 272 g/mol. The van der Waals surface area contributed by atoms with Crippen molar-refractivity contribution in [3.05, 3.63) is 23.3 Å². The van der Waals surface area contributed by atoms with Gasteiger partial charge in [-0.1, -0.05) is 23.3 Å². The lowest BCUT2D eigenvalue weighted by Gasteiger charge is -2.63. The monoisotopic (exact) mass is 286 g/mol. The third-order valence-electron chi connectivity index (χ3n) is 6.37. The maximum Gasteiger partial charge on any atom is 0.182 e. The van der Waals surface area contributed by atoms with E-state index < -0.39 is 10.8 Å². The van der Waals surface area contributed by atoms with Crippen LogP contribution in [0.4, 0.5) is 0 Å². The van der Waals surface area contributed by atoms with Crippen LogP contribution < -0.4 is 0 Å². The summed E-state index contributed by atoms with van der Waals surface area (Å²) in [7, 11) is 0. The zero-order chi connectivity index (χ0) is 15.5. The molecule has 4 nitrogen and oxygen atoms in total. The Morgan fingerprint density at radius 2 is 1.09 bits per heavy atom. The van der Waals surface area contributed by atoms with Crippen LogP contribution in [0, 0.1) is 79.8 Å². The van der Waals surface area contributed by atoms with Crippen LogP contribution in [0.15, 0.2) is 23.3 Å². The van der Waals surface area contributed by atoms with Gasteiger partial charge in [0.1, 0.15) is 0 Å². The van der Waals surface area contributed by atoms with Gasteiger partial charge in [-0.25, -0.2) is 0 Å². The molecule has 0 radical (unpaired) electrons. The maximum atomic E-state index is 9.76. The van der Waals surface area contributed by atoms with Gasteiger partial charge >= 0.3 is 0 Å². The van der Waals surface area contributed by atoms with Gasteiger partial charge in [-0.15, -0.1) is 0 Å². The molecule has 0 aromatic carbocycles. The largest absolute Gasteiger partial charge is 0.196 e. The van der Waals surface area contributed by atoms with Crippen LogP contribution in [0.25, 0.3) is 0 Å². The molecule has 0 spiro atoms. The second-order valence-corrected chi connectivity index (χ2v) is 6.81. The number of nitrogens with zero attached hydrogens (tertiary/aromatic N) is 4. The van der Waals surface area contributed by atoms with Crippen molar-refractivity contribution in [2.24, 2.45) is 34.5 Å². The molecule has 5 aliphatic rings. The molecule has 5 rings (SSSR count). The number of rotatable bonds is 0. The molecule has 1 fully saturated rings. The second kappa shape index (κ2) is 4.00. The molecule has 22 heavy (non-hydrogen) atoms. The van der Waals surface area contributed by atoms with Gasteiger partial charge in [0.05, 0.1) is 24.3 Å². The highest BCUT2D eigenvalue weighted by Gasteiger charge is 2.74. The lowest BCUT2D eigenvalue weighted by Crippen LogP contribution is -2.64. The standard InChI is InChI=1S/C18H14N4/c19-7-17(8-20)13-5-6-14(18(17,9-21)10-22)16-12-4-2-1-3-11(12)15(13)16/h5-6,13-16H,1-4H2/t13-,14-,15+,16+/m0/s1. The fourth-order valence-corrected chi connectivity index (χ4v) is 5.46. The molecule has 106 valence electrons. The highest BCUT2D eigenvalue weighted by Crippen LogP contribution is 2.71. The summed E-state index contributed by atoms with van der Waals surface area (Å²) < 4.78 is 0. The molecule has 0 aromatic rings. The summed E-state index contributed by atoms with van der Waals surface area (Å²) in [5.41, 5.74) is -0.273. The van der Waals surface area contributed by atoms with Gasteiger partial charge in [0.25, 0.3) is 0 Å². The Morgan fingerprint density at radius 3 is 1.41 bits per heavy atom. The molecule has 0 heterocycles. The van der Waals surface area contributed by atoms with E-state index in [0.717, 1.165) is 25.7 Å². The third kappa shape index (κ3) is 1.07. The maximum absolute atomic E-state index is 9.76. The van der Waals surface area contributed by atoms with Crippen LogP contribution in [-0.4, -0.2) is 0 Å². The Bertz CT molecular complexity index is 695. The fourth-order valence-electron chi connectivity index (χ4n) is 5.46. The van der Waals surface area contributed by atoms with E-state index in [0.29, 0.717) is 0 Å². The summed E-state index contributed by atoms with van der Waals surface area (Å²) in [5, 5.41) is 39.0. The van der Waals surface area contributed by atoms with E-state index >= 15 is 0 Å². The first-order chi connectivity index (χ1) is 10.7. The zero-order valence-electron chi connectivity index (χ0n) is 12.1. The molecule has 0 aromatic heterocycles. The lowest BCUT2D eigenvalue weighted by atomic mass is 9.35. The van der Waals surface area contributed by atoms with Crippen molar-refractivity contribution < 1.29 is 0 Å². The fraction of sp³-hybridized carbons (Fsp3) is 0.556. The number of nitriles is 4. The highest BCUT2D eigenvalue weighted by atomic mass is 14.7. The van der Waals surface area contributed by atoms with E-state index in [1.807, 2.05) is 12.2 Å². The number of allylic oxidation sites excluding steroid dienone is 4. The summed E-state index contributed by atoms with van der Waals surface area (Å²) in [6.45, 7) is 0. The van der Waals surface area contributed by atoms with E-state index in [9.17, 15) is 21.0 Å². The Labute approximate surface area is 129 Å². The molecule has 0 saturated heterocycles. The van der Waals surface area contributed by atoms with Crippen LogP contribution in [0.1, 0.15) is 25.7 Å². The van der Waals surface area contributed by atoms with Crippen LogP contribution in [0.3, 0.4) is 0 Å². The Balaban J connectivity index is 1.97. The predicted molar refractivity (Wildman–Crippen MR) is 75.9 cm³/mol. The van der Waals surface area contributed by atoms with E-state index in [1.165, 1.54) is 11.1 Å². The first kappa shape index (κ1) is 13.1. The van der Waals surface area contributed by atoms with Crippen molar-refractivity contribution >= 4 is 0 Å². The minimum Gasteiger partial charge on any atom is -0.196 e. The second-order valence-electron chi connectivity index (χ2n) is 6.81. The minimum atomic E-state index is -1.55. The molecular formula is C18H14N4. The number of hydrogen-bond donors (Lipinski definition) is 0. The van der Waals surface area contributed by atoms with Crippen molar-refractivity contribution in [2.75, 3.05) is 0 Å². The quantitative estimate of drug-likeness (QED) is 0.639. The average molecular weight is 286 g/mol. The van der Waals surface area contributed by atoms with Crippen LogP contribution >= 0.6 is 0 Å². The molecule has 0 unspecified atom stereocenters. The topological polar surface area (TPSA) is 95.2 Å². The summed E-state index contributed by atoms with van der Waals surface area (Å²) in [6, 6.07) is 8.37. The molecule has 4 atom stereocenters. The molecule has 1 saturated carbocycles. The molecule has 0 aliphatic heterocycles. The van der Waals surface area contributed by atoms with Crippen molar-refractivity contribution in [2.45, 2.75) is 25.7 Å². The van der Waals surface area contributed by atoms with Crippen LogP contribution in [0.2, 0.25) is 0 Å². The zero-order valence-corrected chi connectivity index (χ0v) is 12.1. The third-order valence-corrected chi connectivity index (χ3v) is 6.37. The number of fused-ring (bicyclic) bond motifs is 1. The SMILES string of the molecule is N#CC1(C#N)[C@H]2C=C[C@@H]([C@H]3C4=C(CCCC4)[C@@H]32)C1(C#N)C#N. The Morgan fingerprint density at radius 1 is 0.727 bits per heavy atom. The van der Waals surface area contributed by atoms with Crippen molar-refractivity contribution in [3.8, 4) is 24.3 Å². The average Bonchev–Trinajstić information content (AvgIpc) is 2.57. The van der Waals surface area contributed by atoms with E-state index in [-0.39, 0.29) is 23.7 Å². The van der Waals surface area contributed by atoms with E-state index in [4.69, 9.17) is 0 Å². The van der Waals surface area contributed by atoms with Crippen molar-refractivity contribution in [1.29, 1.82) is 21.0 Å².